The van der Waals surface area contributed by atoms with Gasteiger partial charge in [-0.05, 0) is 57.2 Å². The Bertz CT molecular complexity index is 670. The molecule has 0 radical (unpaired) electrons. The molecule has 1 saturated heterocycles. The first-order valence-corrected chi connectivity index (χ1v) is 8.10. The minimum atomic E-state index is 0.358. The van der Waals surface area contributed by atoms with Crippen LogP contribution in [-0.2, 0) is 0 Å². The Hall–Kier alpha value is -1.33. The maximum Gasteiger partial charge on any atom is 0.178 e. The highest BCUT2D eigenvalue weighted by Gasteiger charge is 2.17. The predicted octanol–water partition coefficient (Wildman–Crippen LogP) is 3.75. The fourth-order valence-electron chi connectivity index (χ4n) is 3.26. The van der Waals surface area contributed by atoms with Gasteiger partial charge in [-0.2, -0.15) is 0 Å². The van der Waals surface area contributed by atoms with Gasteiger partial charge in [0.25, 0.3) is 0 Å². The number of methoxy groups -OCH3 is 1. The van der Waals surface area contributed by atoms with Crippen molar-refractivity contribution in [1.29, 1.82) is 0 Å². The van der Waals surface area contributed by atoms with Gasteiger partial charge in [-0.25, -0.2) is 0 Å². The van der Waals surface area contributed by atoms with E-state index in [9.17, 15) is 0 Å². The van der Waals surface area contributed by atoms with Crippen molar-refractivity contribution >= 4 is 23.3 Å². The second-order valence-corrected chi connectivity index (χ2v) is 6.28. The van der Waals surface area contributed by atoms with Gasteiger partial charge in [-0.15, -0.1) is 0 Å². The number of H-pyrrole nitrogens is 1. The number of likely N-dealkylation sites (tertiary alicyclic amines) is 1. The molecule has 0 aliphatic carbocycles. The zero-order valence-electron chi connectivity index (χ0n) is 12.8. The van der Waals surface area contributed by atoms with Crippen LogP contribution in [-0.4, -0.2) is 41.2 Å². The molecule has 2 aromatic rings. The van der Waals surface area contributed by atoms with E-state index in [-0.39, 0.29) is 0 Å². The van der Waals surface area contributed by atoms with Gasteiger partial charge >= 0.3 is 0 Å². The lowest BCUT2D eigenvalue weighted by Crippen LogP contribution is -2.34. The van der Waals surface area contributed by atoms with Crippen molar-refractivity contribution in [2.24, 2.45) is 0 Å². The summed E-state index contributed by atoms with van der Waals surface area (Å²) in [7, 11) is 1.70. The normalized spacial score (nSPS) is 18.0. The van der Waals surface area contributed by atoms with Gasteiger partial charge in [-0.1, -0.05) is 6.42 Å². The molecule has 1 fully saturated rings. The first-order chi connectivity index (χ1) is 10.2. The molecule has 3 rings (SSSR count). The largest absolute Gasteiger partial charge is 0.497 e. The molecule has 0 spiro atoms. The maximum absolute atomic E-state index is 5.52. The standard InChI is InChI=1S/C16H23N3OS/c1-12(11-18-8-4-3-5-9-18)19-15-10-13(20-2)6-7-14(15)17-16(19)21/h6-7,10,12H,3-5,8-9,11H2,1-2H3,(H,17,21). The molecule has 1 aromatic carbocycles. The summed E-state index contributed by atoms with van der Waals surface area (Å²) >= 11 is 5.52. The number of benzene rings is 1. The maximum atomic E-state index is 5.52. The minimum absolute atomic E-state index is 0.358. The Kier molecular flexibility index (Phi) is 4.31. The van der Waals surface area contributed by atoms with E-state index in [1.807, 2.05) is 12.1 Å². The van der Waals surface area contributed by atoms with Crippen molar-refractivity contribution < 1.29 is 4.74 Å². The summed E-state index contributed by atoms with van der Waals surface area (Å²) < 4.78 is 8.36. The third-order valence-corrected chi connectivity index (χ3v) is 4.64. The molecule has 1 N–H and O–H groups in total. The molecule has 5 heteroatoms. The van der Waals surface area contributed by atoms with Crippen molar-refractivity contribution in [3.8, 4) is 5.75 Å². The first-order valence-electron chi connectivity index (χ1n) is 7.69. The molecule has 0 saturated carbocycles. The molecule has 1 atom stereocenters. The monoisotopic (exact) mass is 305 g/mol. The zero-order valence-corrected chi connectivity index (χ0v) is 13.6. The van der Waals surface area contributed by atoms with E-state index in [1.165, 1.54) is 32.4 Å². The number of hydrogen-bond acceptors (Lipinski definition) is 3. The summed E-state index contributed by atoms with van der Waals surface area (Å²) in [5, 5.41) is 0. The van der Waals surface area contributed by atoms with E-state index in [0.29, 0.717) is 6.04 Å². The average Bonchev–Trinajstić information content (AvgIpc) is 2.83. The van der Waals surface area contributed by atoms with Crippen LogP contribution in [0.2, 0.25) is 0 Å². The number of rotatable bonds is 4. The summed E-state index contributed by atoms with van der Waals surface area (Å²) in [6.45, 7) is 5.72. The van der Waals surface area contributed by atoms with Gasteiger partial charge < -0.3 is 19.2 Å². The molecule has 1 aliphatic heterocycles. The van der Waals surface area contributed by atoms with Crippen LogP contribution in [0.4, 0.5) is 0 Å². The van der Waals surface area contributed by atoms with Gasteiger partial charge in [0.1, 0.15) is 5.75 Å². The molecular weight excluding hydrogens is 282 g/mol. The molecule has 114 valence electrons. The number of nitrogens with zero attached hydrogens (tertiary/aromatic N) is 2. The summed E-state index contributed by atoms with van der Waals surface area (Å²) in [4.78, 5) is 5.85. The molecular formula is C16H23N3OS. The summed E-state index contributed by atoms with van der Waals surface area (Å²) in [5.74, 6) is 0.871. The second-order valence-electron chi connectivity index (χ2n) is 5.89. The Morgan fingerprint density at radius 1 is 1.29 bits per heavy atom. The fourth-order valence-corrected chi connectivity index (χ4v) is 3.65. The molecule has 1 aliphatic rings. The number of ether oxygens (including phenoxy) is 1. The van der Waals surface area contributed by atoms with Gasteiger partial charge in [0.15, 0.2) is 4.77 Å². The lowest BCUT2D eigenvalue weighted by molar-refractivity contribution is 0.202. The molecule has 4 nitrogen and oxygen atoms in total. The number of aromatic nitrogens is 2. The lowest BCUT2D eigenvalue weighted by Gasteiger charge is -2.29. The second kappa shape index (κ2) is 6.20. The minimum Gasteiger partial charge on any atom is -0.497 e. The van der Waals surface area contributed by atoms with Gasteiger partial charge in [0.05, 0.1) is 18.1 Å². The van der Waals surface area contributed by atoms with E-state index in [1.54, 1.807) is 7.11 Å². The molecule has 1 aromatic heterocycles. The van der Waals surface area contributed by atoms with Crippen LogP contribution in [0, 0.1) is 4.77 Å². The number of aromatic amines is 1. The van der Waals surface area contributed by atoms with Gasteiger partial charge in [0, 0.05) is 18.7 Å². The number of piperidine rings is 1. The topological polar surface area (TPSA) is 33.2 Å². The van der Waals surface area contributed by atoms with Crippen molar-refractivity contribution in [1.82, 2.24) is 14.5 Å². The molecule has 2 heterocycles. The van der Waals surface area contributed by atoms with Crippen LogP contribution in [0.3, 0.4) is 0 Å². The summed E-state index contributed by atoms with van der Waals surface area (Å²) in [6, 6.07) is 6.42. The third-order valence-electron chi connectivity index (χ3n) is 4.34. The number of imidazole rings is 1. The molecule has 21 heavy (non-hydrogen) atoms. The van der Waals surface area contributed by atoms with Crippen molar-refractivity contribution in [3.63, 3.8) is 0 Å². The van der Waals surface area contributed by atoms with E-state index in [4.69, 9.17) is 17.0 Å². The number of hydrogen-bond donors (Lipinski definition) is 1. The highest BCUT2D eigenvalue weighted by atomic mass is 32.1. The average molecular weight is 305 g/mol. The first kappa shape index (κ1) is 14.6. The van der Waals surface area contributed by atoms with Crippen molar-refractivity contribution in [2.45, 2.75) is 32.2 Å². The molecule has 0 bridgehead atoms. The van der Waals surface area contributed by atoms with Crippen molar-refractivity contribution in [3.05, 3.63) is 23.0 Å². The van der Waals surface area contributed by atoms with E-state index in [0.717, 1.165) is 28.1 Å². The SMILES string of the molecule is COc1ccc2[nH]c(=S)n(C(C)CN3CCCCC3)c2c1. The summed E-state index contributed by atoms with van der Waals surface area (Å²) in [6.07, 6.45) is 4.01. The lowest BCUT2D eigenvalue weighted by atomic mass is 10.1. The van der Waals surface area contributed by atoms with E-state index >= 15 is 0 Å². The molecule has 0 amide bonds. The van der Waals surface area contributed by atoms with Crippen LogP contribution >= 0.6 is 12.2 Å². The summed E-state index contributed by atoms with van der Waals surface area (Å²) in [5.41, 5.74) is 2.20. The van der Waals surface area contributed by atoms with Crippen molar-refractivity contribution in [2.75, 3.05) is 26.7 Å². The highest BCUT2D eigenvalue weighted by molar-refractivity contribution is 7.71. The highest BCUT2D eigenvalue weighted by Crippen LogP contribution is 2.24. The third kappa shape index (κ3) is 2.99. The Morgan fingerprint density at radius 2 is 2.05 bits per heavy atom. The zero-order chi connectivity index (χ0) is 14.8. The van der Waals surface area contributed by atoms with Gasteiger partial charge in [0.2, 0.25) is 0 Å². The molecule has 1 unspecified atom stereocenters. The Balaban J connectivity index is 1.90. The van der Waals surface area contributed by atoms with Gasteiger partial charge in [-0.3, -0.25) is 0 Å². The Labute approximate surface area is 130 Å². The van der Waals surface area contributed by atoms with E-state index < -0.39 is 0 Å². The van der Waals surface area contributed by atoms with Crippen LogP contribution in [0.5, 0.6) is 5.75 Å². The predicted molar refractivity (Wildman–Crippen MR) is 88.7 cm³/mol. The van der Waals surface area contributed by atoms with E-state index in [2.05, 4.69) is 27.4 Å². The van der Waals surface area contributed by atoms with Crippen LogP contribution in [0.1, 0.15) is 32.2 Å². The number of fused-ring (bicyclic) bond motifs is 1. The fraction of sp³-hybridized carbons (Fsp3) is 0.562. The van der Waals surface area contributed by atoms with Crippen LogP contribution in [0.15, 0.2) is 18.2 Å². The smallest absolute Gasteiger partial charge is 0.178 e. The van der Waals surface area contributed by atoms with Crippen LogP contribution < -0.4 is 4.74 Å². The van der Waals surface area contributed by atoms with Crippen LogP contribution in [0.25, 0.3) is 11.0 Å². The quantitative estimate of drug-likeness (QED) is 0.873. The number of nitrogens with one attached hydrogen (secondary N) is 1. The Morgan fingerprint density at radius 3 is 2.76 bits per heavy atom.